The lowest BCUT2D eigenvalue weighted by Crippen LogP contribution is -2.20. The molecule has 0 unspecified atom stereocenters. The van der Waals surface area contributed by atoms with Crippen molar-refractivity contribution in [2.45, 2.75) is 20.8 Å². The van der Waals surface area contributed by atoms with Gasteiger partial charge in [-0.25, -0.2) is 9.78 Å². The van der Waals surface area contributed by atoms with Crippen molar-refractivity contribution in [2.75, 3.05) is 5.32 Å². The van der Waals surface area contributed by atoms with Crippen LogP contribution in [-0.4, -0.2) is 10.9 Å². The van der Waals surface area contributed by atoms with Crippen molar-refractivity contribution in [3.63, 3.8) is 0 Å². The average molecular weight is 390 g/mol. The van der Waals surface area contributed by atoms with Crippen LogP contribution in [0.4, 0.5) is 5.13 Å². The smallest absolute Gasteiger partial charge is 0.349 e. The van der Waals surface area contributed by atoms with Gasteiger partial charge in [-0.3, -0.25) is 10.1 Å². The lowest BCUT2D eigenvalue weighted by Gasteiger charge is -2.08. The largest absolute Gasteiger partial charge is 0.422 e. The number of hydrogen-bond acceptors (Lipinski definition) is 5. The molecule has 0 saturated heterocycles. The third-order valence-electron chi connectivity index (χ3n) is 4.54. The molecular formula is C22H18N2O3S. The van der Waals surface area contributed by atoms with Crippen LogP contribution >= 0.6 is 11.3 Å². The highest BCUT2D eigenvalue weighted by Gasteiger charge is 2.17. The van der Waals surface area contributed by atoms with Gasteiger partial charge in [-0.1, -0.05) is 35.9 Å². The second kappa shape index (κ2) is 7.05. The van der Waals surface area contributed by atoms with E-state index in [0.29, 0.717) is 16.1 Å². The number of aromatic nitrogens is 1. The summed E-state index contributed by atoms with van der Waals surface area (Å²) in [6.45, 7) is 6.16. The fourth-order valence-electron chi connectivity index (χ4n) is 3.41. The molecule has 2 aromatic heterocycles. The molecule has 1 amide bonds. The minimum atomic E-state index is -0.668. The number of carbonyl (C=O) groups excluding carboxylic acids is 1. The van der Waals surface area contributed by atoms with Gasteiger partial charge in [0.1, 0.15) is 11.1 Å². The number of anilines is 1. The van der Waals surface area contributed by atoms with E-state index in [2.05, 4.69) is 29.4 Å². The van der Waals surface area contributed by atoms with Gasteiger partial charge in [0.15, 0.2) is 5.13 Å². The maximum Gasteiger partial charge on any atom is 0.349 e. The van der Waals surface area contributed by atoms with E-state index in [1.54, 1.807) is 24.3 Å². The van der Waals surface area contributed by atoms with Crippen LogP contribution in [0.15, 0.2) is 57.1 Å². The fraction of sp³-hybridized carbons (Fsp3) is 0.136. The van der Waals surface area contributed by atoms with Gasteiger partial charge in [-0.15, -0.1) is 11.3 Å². The number of hydrogen-bond donors (Lipinski definition) is 1. The van der Waals surface area contributed by atoms with Crippen LogP contribution in [0.3, 0.4) is 0 Å². The van der Waals surface area contributed by atoms with E-state index in [0.717, 1.165) is 22.4 Å². The number of fused-ring (bicyclic) bond motifs is 1. The van der Waals surface area contributed by atoms with Crippen molar-refractivity contribution in [3.8, 4) is 11.3 Å². The fourth-order valence-corrected chi connectivity index (χ4v) is 4.11. The summed E-state index contributed by atoms with van der Waals surface area (Å²) >= 11 is 1.32. The summed E-state index contributed by atoms with van der Waals surface area (Å²) in [5.41, 5.74) is 5.08. The number of nitrogens with one attached hydrogen (secondary N) is 1. The van der Waals surface area contributed by atoms with Crippen LogP contribution < -0.4 is 10.9 Å². The molecular weight excluding hydrogens is 372 g/mol. The second-order valence-electron chi connectivity index (χ2n) is 6.75. The molecule has 5 nitrogen and oxygen atoms in total. The molecule has 0 spiro atoms. The Hall–Kier alpha value is -3.25. The van der Waals surface area contributed by atoms with Crippen molar-refractivity contribution < 1.29 is 9.21 Å². The van der Waals surface area contributed by atoms with Gasteiger partial charge < -0.3 is 4.42 Å². The van der Waals surface area contributed by atoms with Gasteiger partial charge in [-0.05, 0) is 44.0 Å². The molecule has 4 aromatic rings. The minimum absolute atomic E-state index is 0.0434. The van der Waals surface area contributed by atoms with Crippen molar-refractivity contribution in [3.05, 3.63) is 80.5 Å². The average Bonchev–Trinajstić information content (AvgIpc) is 3.08. The molecule has 0 atom stereocenters. The van der Waals surface area contributed by atoms with Crippen molar-refractivity contribution >= 4 is 33.3 Å². The van der Waals surface area contributed by atoms with E-state index < -0.39 is 11.5 Å². The first-order valence-electron chi connectivity index (χ1n) is 8.80. The first kappa shape index (κ1) is 18.1. The zero-order chi connectivity index (χ0) is 19.8. The molecule has 0 aliphatic rings. The highest BCUT2D eigenvalue weighted by molar-refractivity contribution is 7.14. The third-order valence-corrected chi connectivity index (χ3v) is 5.30. The van der Waals surface area contributed by atoms with Crippen molar-refractivity contribution in [2.24, 2.45) is 0 Å². The molecule has 4 rings (SSSR count). The van der Waals surface area contributed by atoms with E-state index in [-0.39, 0.29) is 5.56 Å². The van der Waals surface area contributed by atoms with E-state index in [4.69, 9.17) is 4.42 Å². The number of amides is 1. The molecule has 28 heavy (non-hydrogen) atoms. The van der Waals surface area contributed by atoms with E-state index in [1.165, 1.54) is 16.9 Å². The summed E-state index contributed by atoms with van der Waals surface area (Å²) in [6.07, 6.45) is 0. The van der Waals surface area contributed by atoms with Gasteiger partial charge in [0.25, 0.3) is 5.91 Å². The zero-order valence-corrected chi connectivity index (χ0v) is 16.5. The highest BCUT2D eigenvalue weighted by Crippen LogP contribution is 2.31. The van der Waals surface area contributed by atoms with E-state index in [9.17, 15) is 9.59 Å². The third kappa shape index (κ3) is 3.34. The van der Waals surface area contributed by atoms with E-state index >= 15 is 0 Å². The summed E-state index contributed by atoms with van der Waals surface area (Å²) in [4.78, 5) is 29.3. The van der Waals surface area contributed by atoms with Crippen LogP contribution in [-0.2, 0) is 0 Å². The van der Waals surface area contributed by atoms with Crippen LogP contribution in [0.25, 0.3) is 22.2 Å². The molecule has 2 aromatic carbocycles. The lowest BCUT2D eigenvalue weighted by atomic mass is 9.98. The molecule has 0 bridgehead atoms. The number of aryl methyl sites for hydroxylation is 3. The van der Waals surface area contributed by atoms with Gasteiger partial charge in [0, 0.05) is 16.3 Å². The Kier molecular flexibility index (Phi) is 4.57. The van der Waals surface area contributed by atoms with Crippen molar-refractivity contribution in [1.82, 2.24) is 4.98 Å². The molecule has 0 aliphatic heterocycles. The Morgan fingerprint density at radius 2 is 1.79 bits per heavy atom. The number of thiazole rings is 1. The van der Waals surface area contributed by atoms with Crippen LogP contribution in [0.5, 0.6) is 0 Å². The van der Waals surface area contributed by atoms with Gasteiger partial charge in [0.05, 0.1) is 5.69 Å². The SMILES string of the molecule is Cc1cc(C)c(-c2csc(NC(=O)c3cc4ccccc4oc3=O)n2)c(C)c1. The Morgan fingerprint density at radius 1 is 1.07 bits per heavy atom. The molecule has 140 valence electrons. The molecule has 0 saturated carbocycles. The first-order chi connectivity index (χ1) is 13.4. The van der Waals surface area contributed by atoms with Crippen LogP contribution in [0, 0.1) is 20.8 Å². The highest BCUT2D eigenvalue weighted by atomic mass is 32.1. The summed E-state index contributed by atoms with van der Waals surface area (Å²) in [7, 11) is 0. The van der Waals surface area contributed by atoms with Crippen LogP contribution in [0.1, 0.15) is 27.0 Å². The molecule has 0 radical (unpaired) electrons. The Morgan fingerprint density at radius 3 is 2.54 bits per heavy atom. The normalized spacial score (nSPS) is 11.0. The summed E-state index contributed by atoms with van der Waals surface area (Å²) in [5.74, 6) is -0.530. The molecule has 2 heterocycles. The molecule has 0 fully saturated rings. The lowest BCUT2D eigenvalue weighted by molar-refractivity contribution is 0.102. The van der Waals surface area contributed by atoms with Gasteiger partial charge in [0.2, 0.25) is 0 Å². The Bertz CT molecular complexity index is 1250. The number of para-hydroxylation sites is 1. The quantitative estimate of drug-likeness (QED) is 0.494. The van der Waals surface area contributed by atoms with E-state index in [1.807, 2.05) is 25.3 Å². The summed E-state index contributed by atoms with van der Waals surface area (Å²) < 4.78 is 5.24. The van der Waals surface area contributed by atoms with Gasteiger partial charge in [-0.2, -0.15) is 0 Å². The van der Waals surface area contributed by atoms with Gasteiger partial charge >= 0.3 is 5.63 Å². The maximum absolute atomic E-state index is 12.6. The van der Waals surface area contributed by atoms with Crippen LogP contribution in [0.2, 0.25) is 0 Å². The second-order valence-corrected chi connectivity index (χ2v) is 7.61. The minimum Gasteiger partial charge on any atom is -0.422 e. The number of rotatable bonds is 3. The standard InChI is InChI=1S/C22H18N2O3S/c1-12-8-13(2)19(14(3)9-12)17-11-28-22(23-17)24-20(25)16-10-15-6-4-5-7-18(15)27-21(16)26/h4-11H,1-3H3,(H,23,24,25). The predicted molar refractivity (Wildman–Crippen MR) is 112 cm³/mol. The monoisotopic (exact) mass is 390 g/mol. The topological polar surface area (TPSA) is 72.2 Å². The Balaban J connectivity index is 1.64. The van der Waals surface area contributed by atoms with Crippen molar-refractivity contribution in [1.29, 1.82) is 0 Å². The number of benzene rings is 2. The molecule has 0 aliphatic carbocycles. The first-order valence-corrected chi connectivity index (χ1v) is 9.68. The summed E-state index contributed by atoms with van der Waals surface area (Å²) in [5, 5.41) is 5.75. The molecule has 6 heteroatoms. The Labute approximate surface area is 165 Å². The zero-order valence-electron chi connectivity index (χ0n) is 15.7. The number of carbonyl (C=O) groups is 1. The predicted octanol–water partition coefficient (Wildman–Crippen LogP) is 5.09. The maximum atomic E-state index is 12.6. The molecule has 1 N–H and O–H groups in total. The summed E-state index contributed by atoms with van der Waals surface area (Å²) in [6, 6.07) is 12.8. The number of nitrogens with zero attached hydrogens (tertiary/aromatic N) is 1.